The van der Waals surface area contributed by atoms with Crippen LogP contribution in [-0.2, 0) is 9.59 Å². The smallest absolute Gasteiger partial charge is 0.270 e. The van der Waals surface area contributed by atoms with Gasteiger partial charge in [-0.2, -0.15) is 0 Å². The van der Waals surface area contributed by atoms with Crippen molar-refractivity contribution < 1.29 is 14.0 Å². The minimum atomic E-state index is -0.568. The number of thiocarbonyl (C=S) groups is 1. The molecule has 0 unspecified atom stereocenters. The van der Waals surface area contributed by atoms with Gasteiger partial charge in [-0.15, -0.1) is 0 Å². The van der Waals surface area contributed by atoms with Crippen LogP contribution in [0.5, 0.6) is 0 Å². The Morgan fingerprint density at radius 1 is 1.00 bits per heavy atom. The van der Waals surface area contributed by atoms with E-state index in [1.54, 1.807) is 6.08 Å². The Hall–Kier alpha value is -3.10. The van der Waals surface area contributed by atoms with Crippen molar-refractivity contribution in [3.63, 3.8) is 0 Å². The average molecular weight is 498 g/mol. The number of hydrogen-bond donors (Lipinski definition) is 1. The first-order chi connectivity index (χ1) is 14.8. The molecule has 0 saturated carbocycles. The summed E-state index contributed by atoms with van der Waals surface area (Å²) >= 11 is 8.62. The van der Waals surface area contributed by atoms with Crippen LogP contribution in [0, 0.1) is 19.7 Å². The number of carbonyl (C=O) groups is 2. The van der Waals surface area contributed by atoms with Crippen LogP contribution in [0.3, 0.4) is 0 Å². The number of halogens is 2. The lowest BCUT2D eigenvalue weighted by molar-refractivity contribution is -0.122. The van der Waals surface area contributed by atoms with E-state index in [1.807, 2.05) is 48.7 Å². The number of anilines is 1. The first kappa shape index (κ1) is 21.1. The van der Waals surface area contributed by atoms with E-state index in [2.05, 4.69) is 21.2 Å². The molecule has 31 heavy (non-hydrogen) atoms. The Morgan fingerprint density at radius 2 is 1.61 bits per heavy atom. The van der Waals surface area contributed by atoms with Gasteiger partial charge in [-0.3, -0.25) is 19.8 Å². The fraction of sp³-hybridized carbons (Fsp3) is 0.0870. The number of hydrogen-bond acceptors (Lipinski definition) is 3. The molecule has 3 aromatic rings. The number of aromatic nitrogens is 1. The van der Waals surface area contributed by atoms with E-state index in [0.717, 1.165) is 27.1 Å². The van der Waals surface area contributed by atoms with Gasteiger partial charge in [-0.1, -0.05) is 15.9 Å². The Labute approximate surface area is 192 Å². The predicted octanol–water partition coefficient (Wildman–Crippen LogP) is 4.83. The second-order valence-electron chi connectivity index (χ2n) is 7.07. The van der Waals surface area contributed by atoms with E-state index in [1.165, 1.54) is 29.2 Å². The van der Waals surface area contributed by atoms with Crippen LogP contribution in [0.2, 0.25) is 0 Å². The summed E-state index contributed by atoms with van der Waals surface area (Å²) in [5.74, 6) is -1.56. The fourth-order valence-corrected chi connectivity index (χ4v) is 4.10. The Kier molecular flexibility index (Phi) is 5.60. The highest BCUT2D eigenvalue weighted by Crippen LogP contribution is 2.26. The van der Waals surface area contributed by atoms with Crippen LogP contribution in [0.15, 0.2) is 64.6 Å². The van der Waals surface area contributed by atoms with Gasteiger partial charge in [0.2, 0.25) is 0 Å². The maximum absolute atomic E-state index is 13.3. The predicted molar refractivity (Wildman–Crippen MR) is 126 cm³/mol. The first-order valence-corrected chi connectivity index (χ1v) is 10.6. The van der Waals surface area contributed by atoms with Crippen molar-refractivity contribution in [2.75, 3.05) is 4.90 Å². The Bertz CT molecular complexity index is 1250. The van der Waals surface area contributed by atoms with Gasteiger partial charge in [0.1, 0.15) is 11.4 Å². The molecule has 8 heteroatoms. The first-order valence-electron chi connectivity index (χ1n) is 9.38. The minimum absolute atomic E-state index is 0.0425. The van der Waals surface area contributed by atoms with E-state index in [0.29, 0.717) is 5.69 Å². The summed E-state index contributed by atoms with van der Waals surface area (Å²) in [4.78, 5) is 26.9. The van der Waals surface area contributed by atoms with Gasteiger partial charge < -0.3 is 4.57 Å². The Balaban J connectivity index is 1.75. The van der Waals surface area contributed by atoms with Gasteiger partial charge >= 0.3 is 0 Å². The third-order valence-corrected chi connectivity index (χ3v) is 5.85. The molecule has 1 aromatic heterocycles. The summed E-state index contributed by atoms with van der Waals surface area (Å²) in [6, 6.07) is 15.1. The summed E-state index contributed by atoms with van der Waals surface area (Å²) in [5.41, 5.74) is 3.88. The van der Waals surface area contributed by atoms with Gasteiger partial charge in [0.05, 0.1) is 5.69 Å². The molecule has 1 saturated heterocycles. The van der Waals surface area contributed by atoms with Crippen molar-refractivity contribution in [1.82, 2.24) is 9.88 Å². The van der Waals surface area contributed by atoms with Crippen LogP contribution in [0.1, 0.15) is 17.0 Å². The van der Waals surface area contributed by atoms with Crippen molar-refractivity contribution >= 4 is 56.8 Å². The van der Waals surface area contributed by atoms with Crippen LogP contribution in [0.4, 0.5) is 10.1 Å². The lowest BCUT2D eigenvalue weighted by atomic mass is 10.1. The van der Waals surface area contributed by atoms with Gasteiger partial charge in [0.25, 0.3) is 11.8 Å². The molecule has 5 nitrogen and oxygen atoms in total. The van der Waals surface area contributed by atoms with Crippen molar-refractivity contribution in [1.29, 1.82) is 0 Å². The summed E-state index contributed by atoms with van der Waals surface area (Å²) < 4.78 is 16.3. The molecule has 1 N–H and O–H groups in total. The quantitative estimate of drug-likeness (QED) is 0.320. The zero-order chi connectivity index (χ0) is 22.3. The van der Waals surface area contributed by atoms with E-state index in [4.69, 9.17) is 12.2 Å². The van der Waals surface area contributed by atoms with Gasteiger partial charge in [-0.05, 0) is 92.3 Å². The van der Waals surface area contributed by atoms with Gasteiger partial charge in [0, 0.05) is 21.5 Å². The standard InChI is InChI=1S/C23H17BrFN3O2S/c1-13-11-15(14(2)27(13)18-7-3-16(24)4-8-18)12-20-21(29)26-23(31)28(22(20)30)19-9-5-17(25)6-10-19/h3-12H,1-2H3,(H,26,29,31)/b20-12-. The summed E-state index contributed by atoms with van der Waals surface area (Å²) in [6.45, 7) is 3.88. The number of amides is 2. The summed E-state index contributed by atoms with van der Waals surface area (Å²) in [6.07, 6.45) is 1.56. The largest absolute Gasteiger partial charge is 0.318 e. The molecular formula is C23H17BrFN3O2S. The molecule has 1 fully saturated rings. The van der Waals surface area contributed by atoms with Crippen LogP contribution in [-0.4, -0.2) is 21.5 Å². The van der Waals surface area contributed by atoms with E-state index < -0.39 is 17.6 Å². The molecular weight excluding hydrogens is 481 g/mol. The molecule has 4 rings (SSSR count). The molecule has 0 atom stereocenters. The topological polar surface area (TPSA) is 54.3 Å². The van der Waals surface area contributed by atoms with E-state index in [-0.39, 0.29) is 10.7 Å². The van der Waals surface area contributed by atoms with E-state index in [9.17, 15) is 14.0 Å². The third-order valence-electron chi connectivity index (χ3n) is 5.04. The van der Waals surface area contributed by atoms with Crippen molar-refractivity contribution in [3.8, 4) is 5.69 Å². The van der Waals surface area contributed by atoms with Crippen LogP contribution >= 0.6 is 28.1 Å². The number of benzene rings is 2. The second-order valence-corrected chi connectivity index (χ2v) is 8.37. The highest BCUT2D eigenvalue weighted by atomic mass is 79.9. The van der Waals surface area contributed by atoms with Gasteiger partial charge in [0.15, 0.2) is 5.11 Å². The van der Waals surface area contributed by atoms with Crippen LogP contribution in [0.25, 0.3) is 11.8 Å². The average Bonchev–Trinajstić information content (AvgIpc) is 3.00. The molecule has 0 radical (unpaired) electrons. The zero-order valence-electron chi connectivity index (χ0n) is 16.6. The van der Waals surface area contributed by atoms with Crippen LogP contribution < -0.4 is 10.2 Å². The normalized spacial score (nSPS) is 15.5. The lowest BCUT2D eigenvalue weighted by Gasteiger charge is -2.28. The summed E-state index contributed by atoms with van der Waals surface area (Å²) in [5, 5.41) is 2.50. The monoisotopic (exact) mass is 497 g/mol. The highest BCUT2D eigenvalue weighted by molar-refractivity contribution is 9.10. The van der Waals surface area contributed by atoms with Crippen molar-refractivity contribution in [2.45, 2.75) is 13.8 Å². The van der Waals surface area contributed by atoms with E-state index >= 15 is 0 Å². The zero-order valence-corrected chi connectivity index (χ0v) is 19.1. The highest BCUT2D eigenvalue weighted by Gasteiger charge is 2.34. The maximum atomic E-state index is 13.3. The maximum Gasteiger partial charge on any atom is 0.270 e. The van der Waals surface area contributed by atoms with Gasteiger partial charge in [-0.25, -0.2) is 4.39 Å². The molecule has 156 valence electrons. The number of rotatable bonds is 3. The van der Waals surface area contributed by atoms with Crippen molar-refractivity contribution in [3.05, 3.63) is 87.4 Å². The summed E-state index contributed by atoms with van der Waals surface area (Å²) in [7, 11) is 0. The number of aryl methyl sites for hydroxylation is 1. The lowest BCUT2D eigenvalue weighted by Crippen LogP contribution is -2.54. The number of nitrogens with one attached hydrogen (secondary N) is 1. The number of carbonyl (C=O) groups excluding carboxylic acids is 2. The second kappa shape index (κ2) is 8.20. The van der Waals surface area contributed by atoms with Crippen molar-refractivity contribution in [2.24, 2.45) is 0 Å². The molecule has 0 aliphatic carbocycles. The molecule has 2 aromatic carbocycles. The molecule has 1 aliphatic heterocycles. The molecule has 1 aliphatic rings. The fourth-order valence-electron chi connectivity index (χ4n) is 3.56. The molecule has 2 heterocycles. The molecule has 0 spiro atoms. The molecule has 0 bridgehead atoms. The SMILES string of the molecule is Cc1cc(/C=C2/C(=O)NC(=S)N(c3ccc(F)cc3)C2=O)c(C)n1-c1ccc(Br)cc1. The molecule has 2 amide bonds. The third kappa shape index (κ3) is 3.96. The minimum Gasteiger partial charge on any atom is -0.318 e. The number of nitrogens with zero attached hydrogens (tertiary/aromatic N) is 2. The Morgan fingerprint density at radius 3 is 2.26 bits per heavy atom.